The first-order valence-corrected chi connectivity index (χ1v) is 9.11. The lowest BCUT2D eigenvalue weighted by Gasteiger charge is -2.32. The van der Waals surface area contributed by atoms with Crippen molar-refractivity contribution in [1.29, 1.82) is 0 Å². The van der Waals surface area contributed by atoms with Crippen LogP contribution in [0.2, 0.25) is 0 Å². The molecule has 1 aliphatic carbocycles. The van der Waals surface area contributed by atoms with Gasteiger partial charge in [0.05, 0.1) is 17.4 Å². The van der Waals surface area contributed by atoms with Gasteiger partial charge in [-0.25, -0.2) is 0 Å². The molecule has 5 heteroatoms. The van der Waals surface area contributed by atoms with Crippen LogP contribution >= 0.6 is 0 Å². The number of fused-ring (bicyclic) bond motifs is 1. The number of rotatable bonds is 3. The van der Waals surface area contributed by atoms with Crippen LogP contribution < -0.4 is 15.5 Å². The molecule has 1 aromatic rings. The lowest BCUT2D eigenvalue weighted by Crippen LogP contribution is -2.52. The van der Waals surface area contributed by atoms with Gasteiger partial charge in [-0.1, -0.05) is 44.2 Å². The van der Waals surface area contributed by atoms with Crippen molar-refractivity contribution >= 4 is 23.2 Å². The van der Waals surface area contributed by atoms with Crippen molar-refractivity contribution in [3.63, 3.8) is 0 Å². The first kappa shape index (κ1) is 17.0. The van der Waals surface area contributed by atoms with Gasteiger partial charge < -0.3 is 10.6 Å². The highest BCUT2D eigenvalue weighted by Gasteiger charge is 2.30. The predicted molar refractivity (Wildman–Crippen MR) is 96.1 cm³/mol. The van der Waals surface area contributed by atoms with Crippen LogP contribution in [-0.4, -0.2) is 30.4 Å². The second-order valence-electron chi connectivity index (χ2n) is 6.92. The first-order valence-electron chi connectivity index (χ1n) is 9.11. The molecule has 1 aromatic carbocycles. The van der Waals surface area contributed by atoms with Crippen molar-refractivity contribution in [2.75, 3.05) is 16.8 Å². The number of benzene rings is 1. The maximum Gasteiger partial charge on any atom is 0.244 e. The minimum Gasteiger partial charge on any atom is -0.323 e. The van der Waals surface area contributed by atoms with E-state index in [2.05, 4.69) is 10.6 Å². The molecule has 1 heterocycles. The van der Waals surface area contributed by atoms with E-state index < -0.39 is 0 Å². The molecule has 0 bridgehead atoms. The number of para-hydroxylation sites is 2. The molecule has 1 fully saturated rings. The molecule has 5 nitrogen and oxygen atoms in total. The summed E-state index contributed by atoms with van der Waals surface area (Å²) in [5.74, 6) is -0.167. The Hall–Kier alpha value is -1.88. The Bertz CT molecular complexity index is 594. The van der Waals surface area contributed by atoms with Gasteiger partial charge in [0.2, 0.25) is 11.8 Å². The average molecular weight is 329 g/mol. The first-order chi connectivity index (χ1) is 11.6. The van der Waals surface area contributed by atoms with Crippen LogP contribution in [0.5, 0.6) is 0 Å². The number of carbonyl (C=O) groups is 2. The zero-order valence-electron chi connectivity index (χ0n) is 14.4. The Morgan fingerprint density at radius 1 is 1.17 bits per heavy atom. The molecule has 2 N–H and O–H groups in total. The summed E-state index contributed by atoms with van der Waals surface area (Å²) in [6.45, 7) is 2.00. The highest BCUT2D eigenvalue weighted by Crippen LogP contribution is 2.29. The molecule has 130 valence electrons. The highest BCUT2D eigenvalue weighted by molar-refractivity contribution is 6.11. The topological polar surface area (TPSA) is 61.4 Å². The summed E-state index contributed by atoms with van der Waals surface area (Å²) in [4.78, 5) is 26.4. The fraction of sp³-hybridized carbons (Fsp3) is 0.579. The van der Waals surface area contributed by atoms with Crippen LogP contribution in [0.3, 0.4) is 0 Å². The normalized spacial score (nSPS) is 20.5. The zero-order valence-corrected chi connectivity index (χ0v) is 14.4. The lowest BCUT2D eigenvalue weighted by molar-refractivity contribution is -0.123. The van der Waals surface area contributed by atoms with Gasteiger partial charge in [0.25, 0.3) is 0 Å². The van der Waals surface area contributed by atoms with E-state index in [-0.39, 0.29) is 24.4 Å². The van der Waals surface area contributed by atoms with E-state index in [0.717, 1.165) is 18.5 Å². The molecule has 2 amide bonds. The molecular formula is C19H27N3O2. The molecule has 2 aliphatic rings. The standard InChI is InChI=1S/C19H27N3O2/c1-14(20-15-9-5-3-2-4-6-10-15)19(24)22-13-18(23)21-16-11-7-8-12-17(16)22/h7-8,11-12,14-15,20H,2-6,9-10,13H2,1H3,(H,21,23)/t14-/m1/s1. The Balaban J connectivity index is 1.68. The summed E-state index contributed by atoms with van der Waals surface area (Å²) in [7, 11) is 0. The number of nitrogens with zero attached hydrogens (tertiary/aromatic N) is 1. The molecule has 24 heavy (non-hydrogen) atoms. The molecular weight excluding hydrogens is 302 g/mol. The molecule has 0 saturated heterocycles. The molecule has 3 rings (SSSR count). The smallest absolute Gasteiger partial charge is 0.244 e. The number of nitrogens with one attached hydrogen (secondary N) is 2. The van der Waals surface area contributed by atoms with Crippen molar-refractivity contribution in [2.24, 2.45) is 0 Å². The third kappa shape index (κ3) is 3.96. The van der Waals surface area contributed by atoms with Gasteiger partial charge in [-0.15, -0.1) is 0 Å². The van der Waals surface area contributed by atoms with Crippen LogP contribution in [0, 0.1) is 0 Å². The molecule has 0 unspecified atom stereocenters. The number of amides is 2. The van der Waals surface area contributed by atoms with Crippen LogP contribution in [-0.2, 0) is 9.59 Å². The number of carbonyl (C=O) groups excluding carboxylic acids is 2. The summed E-state index contributed by atoms with van der Waals surface area (Å²) in [6, 6.07) is 7.59. The van der Waals surface area contributed by atoms with Crippen molar-refractivity contribution in [3.8, 4) is 0 Å². The van der Waals surface area contributed by atoms with Crippen LogP contribution in [0.15, 0.2) is 24.3 Å². The second-order valence-corrected chi connectivity index (χ2v) is 6.92. The van der Waals surface area contributed by atoms with Crippen LogP contribution in [0.25, 0.3) is 0 Å². The van der Waals surface area contributed by atoms with Gasteiger partial charge in [-0.2, -0.15) is 0 Å². The average Bonchev–Trinajstić information content (AvgIpc) is 2.55. The highest BCUT2D eigenvalue weighted by atomic mass is 16.2. The largest absolute Gasteiger partial charge is 0.323 e. The van der Waals surface area contributed by atoms with E-state index in [9.17, 15) is 9.59 Å². The fourth-order valence-corrected chi connectivity index (χ4v) is 3.71. The van der Waals surface area contributed by atoms with E-state index in [1.807, 2.05) is 31.2 Å². The Morgan fingerprint density at radius 2 is 1.83 bits per heavy atom. The van der Waals surface area contributed by atoms with Crippen molar-refractivity contribution in [3.05, 3.63) is 24.3 Å². The molecule has 0 aromatic heterocycles. The molecule has 1 aliphatic heterocycles. The van der Waals surface area contributed by atoms with Crippen LogP contribution in [0.1, 0.15) is 51.9 Å². The minimum absolute atomic E-state index is 0.0284. The number of hydrogen-bond donors (Lipinski definition) is 2. The summed E-state index contributed by atoms with van der Waals surface area (Å²) in [5, 5.41) is 6.33. The minimum atomic E-state index is -0.284. The van der Waals surface area contributed by atoms with Gasteiger partial charge in [-0.05, 0) is 31.9 Å². The molecule has 1 atom stereocenters. The SMILES string of the molecule is C[C@@H](NC1CCCCCCC1)C(=O)N1CC(=O)Nc2ccccc21. The van der Waals surface area contributed by atoms with E-state index in [1.165, 1.54) is 32.1 Å². The van der Waals surface area contributed by atoms with Gasteiger partial charge >= 0.3 is 0 Å². The maximum absolute atomic E-state index is 12.9. The predicted octanol–water partition coefficient (Wildman–Crippen LogP) is 3.06. The van der Waals surface area contributed by atoms with Crippen LogP contribution in [0.4, 0.5) is 11.4 Å². The second kappa shape index (κ2) is 7.79. The van der Waals surface area contributed by atoms with Gasteiger partial charge in [0, 0.05) is 6.04 Å². The van der Waals surface area contributed by atoms with Gasteiger partial charge in [0.15, 0.2) is 0 Å². The molecule has 1 saturated carbocycles. The Labute approximate surface area is 143 Å². The van der Waals surface area contributed by atoms with Gasteiger partial charge in [-0.3, -0.25) is 14.5 Å². The molecule has 0 spiro atoms. The summed E-state index contributed by atoms with van der Waals surface area (Å²) in [6.07, 6.45) is 8.64. The van der Waals surface area contributed by atoms with E-state index in [4.69, 9.17) is 0 Å². The van der Waals surface area contributed by atoms with E-state index in [1.54, 1.807) is 4.90 Å². The Morgan fingerprint density at radius 3 is 2.58 bits per heavy atom. The quantitative estimate of drug-likeness (QED) is 0.896. The van der Waals surface area contributed by atoms with E-state index in [0.29, 0.717) is 11.7 Å². The monoisotopic (exact) mass is 329 g/mol. The zero-order chi connectivity index (χ0) is 16.9. The van der Waals surface area contributed by atoms with Crippen molar-refractivity contribution in [2.45, 2.75) is 64.0 Å². The summed E-state index contributed by atoms with van der Waals surface area (Å²) in [5.41, 5.74) is 1.49. The third-order valence-corrected chi connectivity index (χ3v) is 5.00. The summed E-state index contributed by atoms with van der Waals surface area (Å²) < 4.78 is 0. The maximum atomic E-state index is 12.9. The third-order valence-electron chi connectivity index (χ3n) is 5.00. The van der Waals surface area contributed by atoms with E-state index >= 15 is 0 Å². The number of anilines is 2. The van der Waals surface area contributed by atoms with Crippen molar-refractivity contribution in [1.82, 2.24) is 5.32 Å². The molecule has 0 radical (unpaired) electrons. The Kier molecular flexibility index (Phi) is 5.51. The number of hydrogen-bond acceptors (Lipinski definition) is 3. The van der Waals surface area contributed by atoms with Gasteiger partial charge in [0.1, 0.15) is 6.54 Å². The van der Waals surface area contributed by atoms with Crippen molar-refractivity contribution < 1.29 is 9.59 Å². The summed E-state index contributed by atoms with van der Waals surface area (Å²) >= 11 is 0. The lowest BCUT2D eigenvalue weighted by atomic mass is 9.96. The fourth-order valence-electron chi connectivity index (χ4n) is 3.71.